The molecule has 0 saturated heterocycles. The SMILES string of the molecule is CCC(CCO)NCc1cc(Cl)c2c(c1)OCCCO2. The monoisotopic (exact) mass is 299 g/mol. The predicted molar refractivity (Wildman–Crippen MR) is 79.7 cm³/mol. The molecule has 0 aromatic heterocycles. The average molecular weight is 300 g/mol. The summed E-state index contributed by atoms with van der Waals surface area (Å²) >= 11 is 6.26. The molecule has 1 aromatic rings. The standard InChI is InChI=1S/C15H22ClNO3/c1-2-12(4-5-18)17-10-11-8-13(16)15-14(9-11)19-6-3-7-20-15/h8-9,12,17-18H,2-7,10H2,1H3. The molecule has 0 aliphatic carbocycles. The van der Waals surface area contributed by atoms with Gasteiger partial charge in [-0.2, -0.15) is 0 Å². The van der Waals surface area contributed by atoms with Crippen molar-refractivity contribution in [1.82, 2.24) is 5.32 Å². The maximum atomic E-state index is 9.00. The molecule has 1 aliphatic rings. The summed E-state index contributed by atoms with van der Waals surface area (Å²) in [5.41, 5.74) is 1.07. The van der Waals surface area contributed by atoms with Crippen molar-refractivity contribution in [1.29, 1.82) is 0 Å². The van der Waals surface area contributed by atoms with Crippen LogP contribution in [0.4, 0.5) is 0 Å². The number of nitrogens with one attached hydrogen (secondary N) is 1. The molecule has 1 aliphatic heterocycles. The number of rotatable bonds is 6. The highest BCUT2D eigenvalue weighted by atomic mass is 35.5. The third kappa shape index (κ3) is 4.01. The summed E-state index contributed by atoms with van der Waals surface area (Å²) in [6.45, 7) is 4.30. The van der Waals surface area contributed by atoms with Crippen molar-refractivity contribution in [3.63, 3.8) is 0 Å². The van der Waals surface area contributed by atoms with Crippen LogP contribution < -0.4 is 14.8 Å². The van der Waals surface area contributed by atoms with Crippen LogP contribution in [0.15, 0.2) is 12.1 Å². The van der Waals surface area contributed by atoms with Crippen molar-refractivity contribution in [3.05, 3.63) is 22.7 Å². The average Bonchev–Trinajstić information content (AvgIpc) is 2.69. The lowest BCUT2D eigenvalue weighted by Crippen LogP contribution is -2.28. The van der Waals surface area contributed by atoms with Crippen LogP contribution >= 0.6 is 11.6 Å². The van der Waals surface area contributed by atoms with Gasteiger partial charge in [-0.3, -0.25) is 0 Å². The van der Waals surface area contributed by atoms with Crippen LogP contribution in [0, 0.1) is 0 Å². The van der Waals surface area contributed by atoms with Crippen LogP contribution in [0.3, 0.4) is 0 Å². The van der Waals surface area contributed by atoms with E-state index in [9.17, 15) is 0 Å². The number of hydrogen-bond donors (Lipinski definition) is 2. The minimum atomic E-state index is 0.202. The molecule has 1 unspecified atom stereocenters. The smallest absolute Gasteiger partial charge is 0.179 e. The first-order valence-corrected chi connectivity index (χ1v) is 7.54. The molecule has 5 heteroatoms. The second-order valence-corrected chi connectivity index (χ2v) is 5.36. The number of halogens is 1. The van der Waals surface area contributed by atoms with Crippen molar-refractivity contribution >= 4 is 11.6 Å². The van der Waals surface area contributed by atoms with Crippen LogP contribution in [0.1, 0.15) is 31.7 Å². The molecule has 20 heavy (non-hydrogen) atoms. The summed E-state index contributed by atoms with van der Waals surface area (Å²) in [5.74, 6) is 1.37. The van der Waals surface area contributed by atoms with Gasteiger partial charge in [0.25, 0.3) is 0 Å². The highest BCUT2D eigenvalue weighted by Gasteiger charge is 2.16. The Bertz CT molecular complexity index is 439. The quantitative estimate of drug-likeness (QED) is 0.848. The van der Waals surface area contributed by atoms with E-state index in [0.29, 0.717) is 36.6 Å². The summed E-state index contributed by atoms with van der Waals surface area (Å²) in [6, 6.07) is 4.20. The summed E-state index contributed by atoms with van der Waals surface area (Å²) in [6.07, 6.45) is 2.61. The summed E-state index contributed by atoms with van der Waals surface area (Å²) < 4.78 is 11.3. The normalized spacial score (nSPS) is 15.8. The fourth-order valence-corrected chi connectivity index (χ4v) is 2.54. The van der Waals surface area contributed by atoms with E-state index in [1.54, 1.807) is 0 Å². The van der Waals surface area contributed by atoms with E-state index in [-0.39, 0.29) is 6.61 Å². The molecule has 0 fully saturated rings. The van der Waals surface area contributed by atoms with Crippen LogP contribution in [0.5, 0.6) is 11.5 Å². The number of hydrogen-bond acceptors (Lipinski definition) is 4. The molecule has 0 saturated carbocycles. The van der Waals surface area contributed by atoms with Gasteiger partial charge in [0.1, 0.15) is 0 Å². The first-order chi connectivity index (χ1) is 9.74. The third-order valence-electron chi connectivity index (χ3n) is 3.43. The van der Waals surface area contributed by atoms with Gasteiger partial charge in [0.05, 0.1) is 18.2 Å². The largest absolute Gasteiger partial charge is 0.489 e. The van der Waals surface area contributed by atoms with Gasteiger partial charge in [-0.1, -0.05) is 18.5 Å². The molecule has 0 bridgehead atoms. The molecule has 2 N–H and O–H groups in total. The summed E-state index contributed by atoms with van der Waals surface area (Å²) in [7, 11) is 0. The number of benzene rings is 1. The molecule has 0 radical (unpaired) electrons. The van der Waals surface area contributed by atoms with E-state index in [4.69, 9.17) is 26.2 Å². The summed E-state index contributed by atoms with van der Waals surface area (Å²) in [4.78, 5) is 0. The van der Waals surface area contributed by atoms with Crippen molar-refractivity contribution in [3.8, 4) is 11.5 Å². The van der Waals surface area contributed by atoms with Gasteiger partial charge in [0.2, 0.25) is 0 Å². The number of aliphatic hydroxyl groups excluding tert-OH is 1. The second-order valence-electron chi connectivity index (χ2n) is 4.95. The van der Waals surface area contributed by atoms with Crippen LogP contribution in [0.2, 0.25) is 5.02 Å². The Kier molecular flexibility index (Phi) is 5.95. The number of ether oxygens (including phenoxy) is 2. The zero-order chi connectivity index (χ0) is 14.4. The molecular formula is C15H22ClNO3. The molecular weight excluding hydrogens is 278 g/mol. The first kappa shape index (κ1) is 15.4. The zero-order valence-electron chi connectivity index (χ0n) is 11.8. The van der Waals surface area contributed by atoms with Gasteiger partial charge in [-0.15, -0.1) is 0 Å². The van der Waals surface area contributed by atoms with Gasteiger partial charge in [-0.05, 0) is 30.5 Å². The topological polar surface area (TPSA) is 50.7 Å². The second kappa shape index (κ2) is 7.72. The van der Waals surface area contributed by atoms with Crippen LogP contribution in [0.25, 0.3) is 0 Å². The van der Waals surface area contributed by atoms with Crippen molar-refractivity contribution in [2.24, 2.45) is 0 Å². The predicted octanol–water partition coefficient (Wildman–Crippen LogP) is 2.75. The minimum Gasteiger partial charge on any atom is -0.489 e. The molecule has 0 spiro atoms. The summed E-state index contributed by atoms with van der Waals surface area (Å²) in [5, 5.41) is 13.0. The number of fused-ring (bicyclic) bond motifs is 1. The van der Waals surface area contributed by atoms with Gasteiger partial charge in [0, 0.05) is 25.6 Å². The number of aliphatic hydroxyl groups is 1. The van der Waals surface area contributed by atoms with E-state index in [2.05, 4.69) is 12.2 Å². The molecule has 4 nitrogen and oxygen atoms in total. The molecule has 1 atom stereocenters. The fourth-order valence-electron chi connectivity index (χ4n) is 2.25. The Labute approximate surface area is 125 Å². The van der Waals surface area contributed by atoms with Gasteiger partial charge >= 0.3 is 0 Å². The molecule has 2 rings (SSSR count). The van der Waals surface area contributed by atoms with Gasteiger partial charge < -0.3 is 19.9 Å². The first-order valence-electron chi connectivity index (χ1n) is 7.16. The highest BCUT2D eigenvalue weighted by molar-refractivity contribution is 6.32. The van der Waals surface area contributed by atoms with Crippen molar-refractivity contribution < 1.29 is 14.6 Å². The fraction of sp³-hybridized carbons (Fsp3) is 0.600. The molecule has 1 heterocycles. The zero-order valence-corrected chi connectivity index (χ0v) is 12.6. The minimum absolute atomic E-state index is 0.202. The molecule has 0 amide bonds. The Morgan fingerprint density at radius 3 is 2.90 bits per heavy atom. The lowest BCUT2D eigenvalue weighted by atomic mass is 10.1. The molecule has 112 valence electrons. The highest BCUT2D eigenvalue weighted by Crippen LogP contribution is 2.37. The van der Waals surface area contributed by atoms with Crippen molar-refractivity contribution in [2.45, 2.75) is 38.8 Å². The van der Waals surface area contributed by atoms with Crippen molar-refractivity contribution in [2.75, 3.05) is 19.8 Å². The Balaban J connectivity index is 2.05. The van der Waals surface area contributed by atoms with Crippen LogP contribution in [-0.2, 0) is 6.54 Å². The lowest BCUT2D eigenvalue weighted by molar-refractivity contribution is 0.262. The molecule has 1 aromatic carbocycles. The van der Waals surface area contributed by atoms with E-state index in [0.717, 1.165) is 30.6 Å². The lowest BCUT2D eigenvalue weighted by Gasteiger charge is -2.17. The van der Waals surface area contributed by atoms with E-state index in [1.807, 2.05) is 12.1 Å². The van der Waals surface area contributed by atoms with Gasteiger partial charge in [-0.25, -0.2) is 0 Å². The maximum Gasteiger partial charge on any atom is 0.179 e. The van der Waals surface area contributed by atoms with Gasteiger partial charge in [0.15, 0.2) is 11.5 Å². The van der Waals surface area contributed by atoms with E-state index < -0.39 is 0 Å². The maximum absolute atomic E-state index is 9.00. The Hall–Kier alpha value is -0.970. The third-order valence-corrected chi connectivity index (χ3v) is 3.71. The van der Waals surface area contributed by atoms with Crippen LogP contribution in [-0.4, -0.2) is 31.0 Å². The van der Waals surface area contributed by atoms with E-state index >= 15 is 0 Å². The van der Waals surface area contributed by atoms with E-state index in [1.165, 1.54) is 0 Å². The Morgan fingerprint density at radius 2 is 2.15 bits per heavy atom. The Morgan fingerprint density at radius 1 is 1.35 bits per heavy atom.